The van der Waals surface area contributed by atoms with Crippen LogP contribution in [0.3, 0.4) is 0 Å². The van der Waals surface area contributed by atoms with E-state index in [1.807, 2.05) is 32.0 Å². The zero-order chi connectivity index (χ0) is 23.4. The number of benzene rings is 3. The van der Waals surface area contributed by atoms with Crippen molar-refractivity contribution in [2.24, 2.45) is 0 Å². The minimum atomic E-state index is -1.15. The Balaban J connectivity index is 2.02. The zero-order valence-electron chi connectivity index (χ0n) is 17.8. The number of non-ortho nitro benzene ring substituents is 1. The maximum Gasteiger partial charge on any atom is 0.269 e. The molecule has 0 fully saturated rings. The van der Waals surface area contributed by atoms with Gasteiger partial charge in [0, 0.05) is 24.9 Å². The minimum absolute atomic E-state index is 0.147. The van der Waals surface area contributed by atoms with Crippen molar-refractivity contribution in [3.8, 4) is 0 Å². The monoisotopic (exact) mass is 435 g/mol. The van der Waals surface area contributed by atoms with E-state index < -0.39 is 28.6 Å². The third-order valence-corrected chi connectivity index (χ3v) is 5.21. The standard InChI is InChI=1S/C24H22FN3O4/c1-15-7-6-8-16(2)21(15)26-23(29)22(17-11-13-18(14-12-17)28(31)32)27(3)24(30)19-9-4-5-10-20(19)25/h4-14,22H,1-3H3,(H,26,29). The highest BCUT2D eigenvalue weighted by Gasteiger charge is 2.31. The van der Waals surface area contributed by atoms with Gasteiger partial charge in [-0.25, -0.2) is 4.39 Å². The van der Waals surface area contributed by atoms with E-state index in [0.717, 1.165) is 16.0 Å². The quantitative estimate of drug-likeness (QED) is 0.445. The molecule has 32 heavy (non-hydrogen) atoms. The summed E-state index contributed by atoms with van der Waals surface area (Å²) in [4.78, 5) is 38.0. The highest BCUT2D eigenvalue weighted by atomic mass is 19.1. The fourth-order valence-electron chi connectivity index (χ4n) is 3.47. The fraction of sp³-hybridized carbons (Fsp3) is 0.167. The molecule has 0 radical (unpaired) electrons. The SMILES string of the molecule is Cc1cccc(C)c1NC(=O)C(c1ccc([N+](=O)[O-])cc1)N(C)C(=O)c1ccccc1F. The van der Waals surface area contributed by atoms with Crippen LogP contribution in [-0.4, -0.2) is 28.7 Å². The Morgan fingerprint density at radius 3 is 2.12 bits per heavy atom. The summed E-state index contributed by atoms with van der Waals surface area (Å²) in [5, 5.41) is 13.9. The predicted molar refractivity (Wildman–Crippen MR) is 119 cm³/mol. The summed E-state index contributed by atoms with van der Waals surface area (Å²) < 4.78 is 14.2. The number of halogens is 1. The lowest BCUT2D eigenvalue weighted by atomic mass is 10.0. The lowest BCUT2D eigenvalue weighted by Gasteiger charge is -2.28. The molecule has 2 amide bonds. The molecule has 0 saturated heterocycles. The van der Waals surface area contributed by atoms with Crippen LogP contribution in [0.4, 0.5) is 15.8 Å². The van der Waals surface area contributed by atoms with Crippen molar-refractivity contribution in [3.63, 3.8) is 0 Å². The van der Waals surface area contributed by atoms with Crippen molar-refractivity contribution in [2.45, 2.75) is 19.9 Å². The molecule has 0 aliphatic rings. The molecule has 0 heterocycles. The van der Waals surface area contributed by atoms with Crippen LogP contribution in [0, 0.1) is 29.8 Å². The number of aryl methyl sites for hydroxylation is 2. The predicted octanol–water partition coefficient (Wildman–Crippen LogP) is 4.80. The molecule has 0 aliphatic heterocycles. The summed E-state index contributed by atoms with van der Waals surface area (Å²) in [6.45, 7) is 3.69. The molecule has 0 saturated carbocycles. The van der Waals surface area contributed by atoms with E-state index >= 15 is 0 Å². The second-order valence-corrected chi connectivity index (χ2v) is 7.40. The molecule has 3 rings (SSSR count). The van der Waals surface area contributed by atoms with Crippen molar-refractivity contribution >= 4 is 23.2 Å². The van der Waals surface area contributed by atoms with Crippen LogP contribution in [0.2, 0.25) is 0 Å². The molecule has 8 heteroatoms. The number of nitro benzene ring substituents is 1. The van der Waals surface area contributed by atoms with Crippen LogP contribution in [-0.2, 0) is 4.79 Å². The van der Waals surface area contributed by atoms with E-state index in [1.54, 1.807) is 0 Å². The van der Waals surface area contributed by atoms with E-state index in [2.05, 4.69) is 5.32 Å². The van der Waals surface area contributed by atoms with Gasteiger partial charge in [0.25, 0.3) is 17.5 Å². The Hall–Kier alpha value is -4.07. The van der Waals surface area contributed by atoms with Crippen LogP contribution in [0.25, 0.3) is 0 Å². The van der Waals surface area contributed by atoms with Gasteiger partial charge in [0.15, 0.2) is 0 Å². The summed E-state index contributed by atoms with van der Waals surface area (Å²) in [6.07, 6.45) is 0. The number of nitro groups is 1. The molecule has 0 aromatic heterocycles. The lowest BCUT2D eigenvalue weighted by Crippen LogP contribution is -2.39. The van der Waals surface area contributed by atoms with Gasteiger partial charge in [0.05, 0.1) is 10.5 Å². The van der Waals surface area contributed by atoms with Gasteiger partial charge >= 0.3 is 0 Å². The normalized spacial score (nSPS) is 11.5. The van der Waals surface area contributed by atoms with Crippen LogP contribution in [0.5, 0.6) is 0 Å². The lowest BCUT2D eigenvalue weighted by molar-refractivity contribution is -0.384. The first-order valence-corrected chi connectivity index (χ1v) is 9.84. The van der Waals surface area contributed by atoms with Gasteiger partial charge in [-0.2, -0.15) is 0 Å². The van der Waals surface area contributed by atoms with Crippen molar-refractivity contribution in [1.82, 2.24) is 4.90 Å². The second kappa shape index (κ2) is 9.38. The third kappa shape index (κ3) is 4.64. The molecule has 1 atom stereocenters. The molecule has 0 aliphatic carbocycles. The summed E-state index contributed by atoms with van der Waals surface area (Å²) >= 11 is 0. The van der Waals surface area contributed by atoms with Crippen molar-refractivity contribution in [3.05, 3.63) is 105 Å². The average Bonchev–Trinajstić information content (AvgIpc) is 2.76. The average molecular weight is 435 g/mol. The van der Waals surface area contributed by atoms with Gasteiger partial charge in [-0.05, 0) is 54.8 Å². The van der Waals surface area contributed by atoms with Crippen LogP contribution in [0.15, 0.2) is 66.7 Å². The molecule has 1 N–H and O–H groups in total. The number of carbonyl (C=O) groups excluding carboxylic acids is 2. The van der Waals surface area contributed by atoms with Gasteiger partial charge in [0.2, 0.25) is 0 Å². The molecule has 0 spiro atoms. The van der Waals surface area contributed by atoms with Gasteiger partial charge in [-0.3, -0.25) is 19.7 Å². The molecular weight excluding hydrogens is 413 g/mol. The van der Waals surface area contributed by atoms with Gasteiger partial charge in [-0.15, -0.1) is 0 Å². The van der Waals surface area contributed by atoms with Gasteiger partial charge < -0.3 is 10.2 Å². The Labute approximate surface area is 184 Å². The minimum Gasteiger partial charge on any atom is -0.325 e. The van der Waals surface area contributed by atoms with Gasteiger partial charge in [0.1, 0.15) is 11.9 Å². The maximum absolute atomic E-state index is 14.2. The fourth-order valence-corrected chi connectivity index (χ4v) is 3.47. The maximum atomic E-state index is 14.2. The summed E-state index contributed by atoms with van der Waals surface area (Å²) in [7, 11) is 1.39. The number of amides is 2. The first kappa shape index (κ1) is 22.6. The Morgan fingerprint density at radius 1 is 0.969 bits per heavy atom. The van der Waals surface area contributed by atoms with Crippen molar-refractivity contribution in [2.75, 3.05) is 12.4 Å². The number of para-hydroxylation sites is 1. The number of nitrogens with zero attached hydrogens (tertiary/aromatic N) is 2. The molecule has 0 bridgehead atoms. The molecule has 7 nitrogen and oxygen atoms in total. The molecule has 3 aromatic carbocycles. The smallest absolute Gasteiger partial charge is 0.269 e. The number of anilines is 1. The number of hydrogen-bond donors (Lipinski definition) is 1. The topological polar surface area (TPSA) is 92.5 Å². The zero-order valence-corrected chi connectivity index (χ0v) is 17.8. The molecule has 3 aromatic rings. The highest BCUT2D eigenvalue weighted by molar-refractivity contribution is 6.02. The van der Waals surface area contributed by atoms with E-state index in [9.17, 15) is 24.1 Å². The summed E-state index contributed by atoms with van der Waals surface area (Å²) in [5.74, 6) is -1.92. The van der Waals surface area contributed by atoms with Crippen LogP contribution in [0.1, 0.15) is 33.1 Å². The van der Waals surface area contributed by atoms with E-state index in [1.165, 1.54) is 55.6 Å². The molecule has 1 unspecified atom stereocenters. The van der Waals surface area contributed by atoms with E-state index in [4.69, 9.17) is 0 Å². The van der Waals surface area contributed by atoms with Crippen molar-refractivity contribution in [1.29, 1.82) is 0 Å². The Kier molecular flexibility index (Phi) is 6.63. The number of nitrogens with one attached hydrogen (secondary N) is 1. The van der Waals surface area contributed by atoms with Crippen molar-refractivity contribution < 1.29 is 18.9 Å². The Morgan fingerprint density at radius 2 is 1.56 bits per heavy atom. The first-order valence-electron chi connectivity index (χ1n) is 9.84. The van der Waals surface area contributed by atoms with Gasteiger partial charge in [-0.1, -0.05) is 30.3 Å². The number of likely N-dealkylation sites (N-methyl/N-ethyl adjacent to an activating group) is 1. The third-order valence-electron chi connectivity index (χ3n) is 5.21. The Bertz CT molecular complexity index is 1160. The number of carbonyl (C=O) groups is 2. The number of hydrogen-bond acceptors (Lipinski definition) is 4. The summed E-state index contributed by atoms with van der Waals surface area (Å²) in [6, 6.07) is 15.3. The summed E-state index contributed by atoms with van der Waals surface area (Å²) in [5.41, 5.74) is 2.31. The molecule has 164 valence electrons. The van der Waals surface area contributed by atoms with Crippen LogP contribution < -0.4 is 5.32 Å². The molecular formula is C24H22FN3O4. The van der Waals surface area contributed by atoms with E-state index in [-0.39, 0.29) is 11.3 Å². The van der Waals surface area contributed by atoms with E-state index in [0.29, 0.717) is 11.3 Å². The second-order valence-electron chi connectivity index (χ2n) is 7.40. The number of rotatable bonds is 6. The van der Waals surface area contributed by atoms with Crippen LogP contribution >= 0.6 is 0 Å². The highest BCUT2D eigenvalue weighted by Crippen LogP contribution is 2.28. The first-order chi connectivity index (χ1) is 15.2. The largest absolute Gasteiger partial charge is 0.325 e.